The zero-order valence-electron chi connectivity index (χ0n) is 10.5. The van der Waals surface area contributed by atoms with E-state index in [9.17, 15) is 4.79 Å². The molecule has 1 aromatic rings. The van der Waals surface area contributed by atoms with Crippen molar-refractivity contribution in [3.05, 3.63) is 10.6 Å². The van der Waals surface area contributed by atoms with Crippen molar-refractivity contribution in [1.29, 1.82) is 0 Å². The standard InChI is InChI=1S/C13H19N3OS/c17-12(9-4-3-7-14-8-9)16-13-15-10-5-1-2-6-11(10)18-13/h9,14H,1-8H2,(H,15,16,17). The summed E-state index contributed by atoms with van der Waals surface area (Å²) in [5, 5.41) is 7.07. The van der Waals surface area contributed by atoms with Gasteiger partial charge in [0.25, 0.3) is 0 Å². The van der Waals surface area contributed by atoms with Gasteiger partial charge in [0.1, 0.15) is 0 Å². The van der Waals surface area contributed by atoms with E-state index in [-0.39, 0.29) is 11.8 Å². The molecule has 3 rings (SSSR count). The molecule has 0 bridgehead atoms. The minimum Gasteiger partial charge on any atom is -0.316 e. The molecule has 2 heterocycles. The molecule has 1 aliphatic heterocycles. The van der Waals surface area contributed by atoms with Gasteiger partial charge in [-0.15, -0.1) is 11.3 Å². The van der Waals surface area contributed by atoms with E-state index in [1.54, 1.807) is 11.3 Å². The summed E-state index contributed by atoms with van der Waals surface area (Å²) in [6.45, 7) is 1.84. The minimum absolute atomic E-state index is 0.111. The predicted molar refractivity (Wildman–Crippen MR) is 73.0 cm³/mol. The summed E-state index contributed by atoms with van der Waals surface area (Å²) in [6, 6.07) is 0. The van der Waals surface area contributed by atoms with Crippen LogP contribution >= 0.6 is 11.3 Å². The van der Waals surface area contributed by atoms with E-state index in [0.29, 0.717) is 0 Å². The number of nitrogens with zero attached hydrogens (tertiary/aromatic N) is 1. The zero-order chi connectivity index (χ0) is 12.4. The molecule has 0 saturated carbocycles. The Balaban J connectivity index is 1.64. The van der Waals surface area contributed by atoms with Gasteiger partial charge in [-0.3, -0.25) is 4.79 Å². The van der Waals surface area contributed by atoms with E-state index in [1.807, 2.05) is 0 Å². The Morgan fingerprint density at radius 3 is 3.00 bits per heavy atom. The van der Waals surface area contributed by atoms with E-state index in [2.05, 4.69) is 15.6 Å². The van der Waals surface area contributed by atoms with E-state index in [1.165, 1.54) is 23.4 Å². The van der Waals surface area contributed by atoms with Crippen molar-refractivity contribution < 1.29 is 4.79 Å². The van der Waals surface area contributed by atoms with Crippen LogP contribution in [0.4, 0.5) is 5.13 Å². The van der Waals surface area contributed by atoms with Crippen LogP contribution in [0.25, 0.3) is 0 Å². The number of aromatic nitrogens is 1. The fourth-order valence-corrected chi connectivity index (χ4v) is 3.74. The number of thiazole rings is 1. The predicted octanol–water partition coefficient (Wildman–Crippen LogP) is 1.96. The van der Waals surface area contributed by atoms with Gasteiger partial charge in [-0.25, -0.2) is 4.98 Å². The molecule has 1 unspecified atom stereocenters. The Hall–Kier alpha value is -0.940. The maximum atomic E-state index is 12.1. The van der Waals surface area contributed by atoms with Crippen LogP contribution in [-0.2, 0) is 17.6 Å². The molecule has 98 valence electrons. The molecule has 5 heteroatoms. The third-order valence-corrected chi connectivity index (χ3v) is 4.82. The first-order valence-corrected chi connectivity index (χ1v) is 7.65. The zero-order valence-corrected chi connectivity index (χ0v) is 11.3. The van der Waals surface area contributed by atoms with Crippen LogP contribution in [0.5, 0.6) is 0 Å². The number of hydrogen-bond acceptors (Lipinski definition) is 4. The van der Waals surface area contributed by atoms with Crippen molar-refractivity contribution in [2.24, 2.45) is 5.92 Å². The SMILES string of the molecule is O=C(Nc1nc2c(s1)CCCC2)C1CCCNC1. The summed E-state index contributed by atoms with van der Waals surface area (Å²) in [5.74, 6) is 0.243. The molecule has 4 nitrogen and oxygen atoms in total. The Kier molecular flexibility index (Phi) is 3.61. The average molecular weight is 265 g/mol. The fourth-order valence-electron chi connectivity index (χ4n) is 2.69. The second-order valence-corrected chi connectivity index (χ2v) is 6.21. The monoisotopic (exact) mass is 265 g/mol. The van der Waals surface area contributed by atoms with Crippen LogP contribution in [0.2, 0.25) is 0 Å². The number of carbonyl (C=O) groups excluding carboxylic acids is 1. The number of amides is 1. The second kappa shape index (κ2) is 5.36. The normalized spacial score (nSPS) is 23.4. The second-order valence-electron chi connectivity index (χ2n) is 5.13. The third kappa shape index (κ3) is 2.57. The molecular weight excluding hydrogens is 246 g/mol. The Morgan fingerprint density at radius 1 is 1.33 bits per heavy atom. The third-order valence-electron chi connectivity index (χ3n) is 3.74. The highest BCUT2D eigenvalue weighted by molar-refractivity contribution is 7.15. The Labute approximate surface area is 111 Å². The highest BCUT2D eigenvalue weighted by atomic mass is 32.1. The summed E-state index contributed by atoms with van der Waals surface area (Å²) in [6.07, 6.45) is 6.78. The van der Waals surface area contributed by atoms with Gasteiger partial charge in [-0.2, -0.15) is 0 Å². The number of rotatable bonds is 2. The van der Waals surface area contributed by atoms with Crippen LogP contribution < -0.4 is 10.6 Å². The van der Waals surface area contributed by atoms with Crippen molar-refractivity contribution in [1.82, 2.24) is 10.3 Å². The molecule has 1 amide bonds. The number of aryl methyl sites for hydroxylation is 2. The minimum atomic E-state index is 0.111. The molecule has 1 aromatic heterocycles. The number of hydrogen-bond donors (Lipinski definition) is 2. The molecule has 0 aromatic carbocycles. The molecule has 1 aliphatic carbocycles. The van der Waals surface area contributed by atoms with Crippen LogP contribution in [0, 0.1) is 5.92 Å². The number of piperidine rings is 1. The molecule has 1 atom stereocenters. The van der Waals surface area contributed by atoms with Gasteiger partial charge in [0, 0.05) is 11.4 Å². The first-order valence-electron chi connectivity index (χ1n) is 6.83. The molecule has 1 saturated heterocycles. The molecule has 2 aliphatic rings. The van der Waals surface area contributed by atoms with Gasteiger partial charge in [0.05, 0.1) is 11.6 Å². The highest BCUT2D eigenvalue weighted by Gasteiger charge is 2.23. The van der Waals surface area contributed by atoms with Gasteiger partial charge in [0.15, 0.2) is 5.13 Å². The number of anilines is 1. The van der Waals surface area contributed by atoms with Gasteiger partial charge in [-0.1, -0.05) is 0 Å². The lowest BCUT2D eigenvalue weighted by atomic mass is 9.99. The molecule has 0 spiro atoms. The van der Waals surface area contributed by atoms with Crippen LogP contribution in [0.15, 0.2) is 0 Å². The maximum Gasteiger partial charge on any atom is 0.230 e. The summed E-state index contributed by atoms with van der Waals surface area (Å²) < 4.78 is 0. The first kappa shape index (κ1) is 12.1. The van der Waals surface area contributed by atoms with Crippen molar-refractivity contribution in [3.63, 3.8) is 0 Å². The Bertz CT molecular complexity index is 414. The Morgan fingerprint density at radius 2 is 2.22 bits per heavy atom. The number of carbonyl (C=O) groups is 1. The lowest BCUT2D eigenvalue weighted by molar-refractivity contribution is -0.120. The highest BCUT2D eigenvalue weighted by Crippen LogP contribution is 2.29. The van der Waals surface area contributed by atoms with Crippen LogP contribution in [0.1, 0.15) is 36.3 Å². The van der Waals surface area contributed by atoms with Crippen LogP contribution in [0.3, 0.4) is 0 Å². The maximum absolute atomic E-state index is 12.1. The molecule has 18 heavy (non-hydrogen) atoms. The first-order chi connectivity index (χ1) is 8.83. The summed E-state index contributed by atoms with van der Waals surface area (Å²) in [4.78, 5) is 18.0. The largest absolute Gasteiger partial charge is 0.316 e. The quantitative estimate of drug-likeness (QED) is 0.859. The fraction of sp³-hybridized carbons (Fsp3) is 0.692. The van der Waals surface area contributed by atoms with Crippen molar-refractivity contribution >= 4 is 22.4 Å². The van der Waals surface area contributed by atoms with E-state index in [4.69, 9.17) is 0 Å². The van der Waals surface area contributed by atoms with Crippen molar-refractivity contribution in [2.45, 2.75) is 38.5 Å². The van der Waals surface area contributed by atoms with E-state index in [0.717, 1.165) is 43.9 Å². The van der Waals surface area contributed by atoms with Crippen molar-refractivity contribution in [2.75, 3.05) is 18.4 Å². The number of nitrogens with one attached hydrogen (secondary N) is 2. The summed E-state index contributed by atoms with van der Waals surface area (Å²) >= 11 is 1.66. The van der Waals surface area contributed by atoms with Crippen molar-refractivity contribution in [3.8, 4) is 0 Å². The topological polar surface area (TPSA) is 54.0 Å². The molecule has 1 fully saturated rings. The summed E-state index contributed by atoms with van der Waals surface area (Å²) in [7, 11) is 0. The van der Waals surface area contributed by atoms with Gasteiger partial charge in [-0.05, 0) is 45.1 Å². The van der Waals surface area contributed by atoms with E-state index < -0.39 is 0 Å². The summed E-state index contributed by atoms with van der Waals surface area (Å²) in [5.41, 5.74) is 1.21. The smallest absolute Gasteiger partial charge is 0.230 e. The number of fused-ring (bicyclic) bond motifs is 1. The molecular formula is C13H19N3OS. The van der Waals surface area contributed by atoms with Gasteiger partial charge < -0.3 is 10.6 Å². The lowest BCUT2D eigenvalue weighted by Gasteiger charge is -2.21. The molecule has 0 radical (unpaired) electrons. The average Bonchev–Trinajstić information content (AvgIpc) is 2.82. The van der Waals surface area contributed by atoms with Gasteiger partial charge in [0.2, 0.25) is 5.91 Å². The van der Waals surface area contributed by atoms with Gasteiger partial charge >= 0.3 is 0 Å². The lowest BCUT2D eigenvalue weighted by Crippen LogP contribution is -2.37. The van der Waals surface area contributed by atoms with Crippen LogP contribution in [-0.4, -0.2) is 24.0 Å². The molecule has 2 N–H and O–H groups in total. The van der Waals surface area contributed by atoms with E-state index >= 15 is 0 Å².